The van der Waals surface area contributed by atoms with E-state index in [0.29, 0.717) is 11.3 Å². The SMILES string of the molecule is COc1ccc(C2=NC3C(c4ccc(F)cc4F)C(C)N3C(=O)C2)cc1. The van der Waals surface area contributed by atoms with Crippen molar-refractivity contribution in [2.24, 2.45) is 4.99 Å². The lowest BCUT2D eigenvalue weighted by Crippen LogP contribution is -2.64. The molecule has 1 amide bonds. The number of rotatable bonds is 3. The third kappa shape index (κ3) is 2.57. The first-order chi connectivity index (χ1) is 12.5. The number of carbonyl (C=O) groups excluding carboxylic acids is 1. The number of hydrogen-bond donors (Lipinski definition) is 0. The van der Waals surface area contributed by atoms with Gasteiger partial charge in [-0.2, -0.15) is 0 Å². The van der Waals surface area contributed by atoms with E-state index in [1.54, 1.807) is 12.0 Å². The smallest absolute Gasteiger partial charge is 0.230 e. The third-order valence-corrected chi connectivity index (χ3v) is 5.20. The standard InChI is InChI=1S/C20H18F2N2O2/c1-11-19(15-8-5-13(21)9-16(15)22)20-23-17(10-18(25)24(11)20)12-3-6-14(26-2)7-4-12/h3-9,11,19-20H,10H2,1-2H3. The summed E-state index contributed by atoms with van der Waals surface area (Å²) in [4.78, 5) is 19.0. The van der Waals surface area contributed by atoms with Gasteiger partial charge in [-0.15, -0.1) is 0 Å². The van der Waals surface area contributed by atoms with Crippen LogP contribution in [0.25, 0.3) is 0 Å². The Morgan fingerprint density at radius 2 is 1.88 bits per heavy atom. The Labute approximate surface area is 150 Å². The van der Waals surface area contributed by atoms with E-state index in [9.17, 15) is 13.6 Å². The molecule has 3 unspecified atom stereocenters. The van der Waals surface area contributed by atoms with Gasteiger partial charge in [0.2, 0.25) is 5.91 Å². The van der Waals surface area contributed by atoms with Gasteiger partial charge in [0.25, 0.3) is 0 Å². The van der Waals surface area contributed by atoms with Crippen LogP contribution in [0.15, 0.2) is 47.5 Å². The summed E-state index contributed by atoms with van der Waals surface area (Å²) in [5, 5.41) is 0. The van der Waals surface area contributed by atoms with E-state index in [1.807, 2.05) is 31.2 Å². The van der Waals surface area contributed by atoms with Crippen LogP contribution in [-0.2, 0) is 4.79 Å². The lowest BCUT2D eigenvalue weighted by Gasteiger charge is -2.54. The van der Waals surface area contributed by atoms with Crippen molar-refractivity contribution >= 4 is 11.6 Å². The van der Waals surface area contributed by atoms with Crippen LogP contribution in [0.3, 0.4) is 0 Å². The molecule has 6 heteroatoms. The Bertz CT molecular complexity index is 895. The molecule has 0 saturated carbocycles. The number of ether oxygens (including phenoxy) is 1. The van der Waals surface area contributed by atoms with Gasteiger partial charge in [-0.05, 0) is 48.4 Å². The number of benzene rings is 2. The largest absolute Gasteiger partial charge is 0.497 e. The molecule has 2 aromatic carbocycles. The van der Waals surface area contributed by atoms with Gasteiger partial charge in [0, 0.05) is 18.0 Å². The second kappa shape index (κ2) is 6.20. The maximum absolute atomic E-state index is 14.2. The molecule has 134 valence electrons. The summed E-state index contributed by atoms with van der Waals surface area (Å²) >= 11 is 0. The summed E-state index contributed by atoms with van der Waals surface area (Å²) in [5.74, 6) is -0.797. The molecule has 2 aromatic rings. The summed E-state index contributed by atoms with van der Waals surface area (Å²) in [6, 6.07) is 10.7. The Balaban J connectivity index is 1.69. The van der Waals surface area contributed by atoms with Crippen molar-refractivity contribution < 1.29 is 18.3 Å². The van der Waals surface area contributed by atoms with E-state index in [-0.39, 0.29) is 24.3 Å². The number of hydrogen-bond acceptors (Lipinski definition) is 3. The lowest BCUT2D eigenvalue weighted by molar-refractivity contribution is -0.146. The first-order valence-corrected chi connectivity index (χ1v) is 8.47. The second-order valence-corrected chi connectivity index (χ2v) is 6.63. The number of aliphatic imine (C=N–C) groups is 1. The molecular formula is C20H18F2N2O2. The van der Waals surface area contributed by atoms with E-state index in [0.717, 1.165) is 17.4 Å². The Hall–Kier alpha value is -2.76. The van der Waals surface area contributed by atoms with Gasteiger partial charge in [-0.25, -0.2) is 8.78 Å². The van der Waals surface area contributed by atoms with Crippen molar-refractivity contribution in [3.8, 4) is 5.75 Å². The number of methoxy groups -OCH3 is 1. The number of amides is 1. The van der Waals surface area contributed by atoms with E-state index < -0.39 is 17.8 Å². The molecular weight excluding hydrogens is 338 g/mol. The molecule has 1 saturated heterocycles. The zero-order valence-electron chi connectivity index (χ0n) is 14.4. The molecule has 0 spiro atoms. The van der Waals surface area contributed by atoms with E-state index >= 15 is 0 Å². The van der Waals surface area contributed by atoms with E-state index in [1.165, 1.54) is 12.1 Å². The number of fused-ring (bicyclic) bond motifs is 1. The lowest BCUT2D eigenvalue weighted by atomic mass is 9.78. The van der Waals surface area contributed by atoms with Crippen LogP contribution in [0.4, 0.5) is 8.78 Å². The van der Waals surface area contributed by atoms with Crippen LogP contribution in [0.5, 0.6) is 5.75 Å². The van der Waals surface area contributed by atoms with E-state index in [2.05, 4.69) is 0 Å². The van der Waals surface area contributed by atoms with Crippen molar-refractivity contribution in [3.05, 3.63) is 65.2 Å². The molecule has 4 nitrogen and oxygen atoms in total. The van der Waals surface area contributed by atoms with Gasteiger partial charge in [0.15, 0.2) is 0 Å². The van der Waals surface area contributed by atoms with Gasteiger partial charge < -0.3 is 9.64 Å². The molecule has 0 aliphatic carbocycles. The average Bonchev–Trinajstić information content (AvgIpc) is 2.63. The van der Waals surface area contributed by atoms with Gasteiger partial charge in [0.05, 0.1) is 19.2 Å². The summed E-state index contributed by atoms with van der Waals surface area (Å²) in [6.45, 7) is 1.87. The molecule has 0 aromatic heterocycles. The zero-order chi connectivity index (χ0) is 18.4. The van der Waals surface area contributed by atoms with Gasteiger partial charge in [-0.1, -0.05) is 6.07 Å². The molecule has 4 rings (SSSR count). The highest BCUT2D eigenvalue weighted by molar-refractivity contribution is 6.12. The predicted octanol–water partition coefficient (Wildman–Crippen LogP) is 3.51. The fourth-order valence-corrected chi connectivity index (χ4v) is 3.84. The van der Waals surface area contributed by atoms with Crippen LogP contribution in [-0.4, -0.2) is 35.8 Å². The topological polar surface area (TPSA) is 41.9 Å². The van der Waals surface area contributed by atoms with Crippen LogP contribution in [0.1, 0.15) is 30.4 Å². The third-order valence-electron chi connectivity index (χ3n) is 5.20. The minimum absolute atomic E-state index is 0.0258. The predicted molar refractivity (Wildman–Crippen MR) is 93.3 cm³/mol. The number of nitrogens with zero attached hydrogens (tertiary/aromatic N) is 2. The monoisotopic (exact) mass is 356 g/mol. The Morgan fingerprint density at radius 3 is 2.54 bits per heavy atom. The normalized spacial score (nSPS) is 24.6. The van der Waals surface area contributed by atoms with Gasteiger partial charge in [-0.3, -0.25) is 9.79 Å². The summed E-state index contributed by atoms with van der Waals surface area (Å²) in [7, 11) is 1.59. The molecule has 2 heterocycles. The summed E-state index contributed by atoms with van der Waals surface area (Å²) in [6.07, 6.45) is -0.241. The Morgan fingerprint density at radius 1 is 1.15 bits per heavy atom. The maximum atomic E-state index is 14.2. The molecule has 26 heavy (non-hydrogen) atoms. The van der Waals surface area contributed by atoms with Crippen molar-refractivity contribution in [3.63, 3.8) is 0 Å². The maximum Gasteiger partial charge on any atom is 0.230 e. The van der Waals surface area contributed by atoms with Gasteiger partial charge in [0.1, 0.15) is 23.5 Å². The Kier molecular flexibility index (Phi) is 3.98. The average molecular weight is 356 g/mol. The minimum Gasteiger partial charge on any atom is -0.497 e. The fourth-order valence-electron chi connectivity index (χ4n) is 3.84. The van der Waals surface area contributed by atoms with Gasteiger partial charge >= 0.3 is 0 Å². The molecule has 2 aliphatic heterocycles. The fraction of sp³-hybridized carbons (Fsp3) is 0.300. The molecule has 0 N–H and O–H groups in total. The van der Waals surface area contributed by atoms with E-state index in [4.69, 9.17) is 9.73 Å². The number of halogens is 2. The molecule has 0 bridgehead atoms. The number of carbonyl (C=O) groups is 1. The highest BCUT2D eigenvalue weighted by atomic mass is 19.1. The van der Waals surface area contributed by atoms with Crippen molar-refractivity contribution in [2.75, 3.05) is 7.11 Å². The highest BCUT2D eigenvalue weighted by Crippen LogP contribution is 2.44. The first kappa shape index (κ1) is 16.7. The molecule has 3 atom stereocenters. The first-order valence-electron chi connectivity index (χ1n) is 8.47. The van der Waals surface area contributed by atoms with Crippen molar-refractivity contribution in [2.45, 2.75) is 31.5 Å². The van der Waals surface area contributed by atoms with Crippen molar-refractivity contribution in [1.29, 1.82) is 0 Å². The van der Waals surface area contributed by atoms with Crippen LogP contribution >= 0.6 is 0 Å². The van der Waals surface area contributed by atoms with Crippen molar-refractivity contribution in [1.82, 2.24) is 4.90 Å². The second-order valence-electron chi connectivity index (χ2n) is 6.63. The van der Waals surface area contributed by atoms with Crippen LogP contribution < -0.4 is 4.74 Å². The molecule has 1 fully saturated rings. The summed E-state index contributed by atoms with van der Waals surface area (Å²) in [5.41, 5.74) is 1.92. The minimum atomic E-state index is -0.614. The zero-order valence-corrected chi connectivity index (χ0v) is 14.4. The summed E-state index contributed by atoms with van der Waals surface area (Å²) < 4.78 is 32.6. The highest BCUT2D eigenvalue weighted by Gasteiger charge is 2.52. The quantitative estimate of drug-likeness (QED) is 0.845. The van der Waals surface area contributed by atoms with Crippen LogP contribution in [0, 0.1) is 11.6 Å². The molecule has 2 aliphatic rings. The van der Waals surface area contributed by atoms with Crippen LogP contribution in [0.2, 0.25) is 0 Å². The molecule has 0 radical (unpaired) electrons.